The van der Waals surface area contributed by atoms with E-state index in [0.29, 0.717) is 19.5 Å². The van der Waals surface area contributed by atoms with Crippen molar-refractivity contribution in [2.45, 2.75) is 19.3 Å². The SMILES string of the molecule is CNCCc1ccc2c(c1)CCC(=O)N2CCN. The lowest BCUT2D eigenvalue weighted by Gasteiger charge is -2.29. The maximum Gasteiger partial charge on any atom is 0.227 e. The first-order valence-electron chi connectivity index (χ1n) is 6.53. The Bertz CT molecular complexity index is 431. The standard InChI is InChI=1S/C14H21N3O/c1-16-8-6-11-2-4-13-12(10-11)3-5-14(18)17(13)9-7-15/h2,4,10,16H,3,5-9,15H2,1H3. The average molecular weight is 247 g/mol. The molecule has 2 rings (SSSR count). The topological polar surface area (TPSA) is 58.4 Å². The Labute approximate surface area is 108 Å². The fourth-order valence-corrected chi connectivity index (χ4v) is 2.41. The molecule has 0 aromatic heterocycles. The molecule has 0 radical (unpaired) electrons. The molecule has 0 aliphatic carbocycles. The molecule has 1 aliphatic heterocycles. The Morgan fingerprint density at radius 1 is 1.39 bits per heavy atom. The monoisotopic (exact) mass is 247 g/mol. The Morgan fingerprint density at radius 2 is 2.22 bits per heavy atom. The van der Waals surface area contributed by atoms with Crippen LogP contribution >= 0.6 is 0 Å². The minimum absolute atomic E-state index is 0.191. The van der Waals surface area contributed by atoms with E-state index in [4.69, 9.17) is 5.73 Å². The van der Waals surface area contributed by atoms with E-state index in [-0.39, 0.29) is 5.91 Å². The van der Waals surface area contributed by atoms with E-state index >= 15 is 0 Å². The van der Waals surface area contributed by atoms with Gasteiger partial charge < -0.3 is 16.0 Å². The summed E-state index contributed by atoms with van der Waals surface area (Å²) in [4.78, 5) is 13.7. The van der Waals surface area contributed by atoms with Crippen LogP contribution in [0.15, 0.2) is 18.2 Å². The van der Waals surface area contributed by atoms with Gasteiger partial charge in [0.2, 0.25) is 5.91 Å². The van der Waals surface area contributed by atoms with E-state index in [0.717, 1.165) is 25.1 Å². The first-order valence-corrected chi connectivity index (χ1v) is 6.53. The molecule has 1 aromatic carbocycles. The first kappa shape index (κ1) is 13.1. The van der Waals surface area contributed by atoms with Crippen molar-refractivity contribution in [1.82, 2.24) is 5.32 Å². The van der Waals surface area contributed by atoms with Crippen LogP contribution in [-0.4, -0.2) is 32.6 Å². The van der Waals surface area contributed by atoms with Gasteiger partial charge in [-0.2, -0.15) is 0 Å². The summed E-state index contributed by atoms with van der Waals surface area (Å²) in [6.07, 6.45) is 2.47. The molecule has 0 spiro atoms. The van der Waals surface area contributed by atoms with Crippen molar-refractivity contribution in [2.75, 3.05) is 31.6 Å². The number of carbonyl (C=O) groups is 1. The third-order valence-electron chi connectivity index (χ3n) is 3.36. The van der Waals surface area contributed by atoms with E-state index in [2.05, 4.69) is 23.5 Å². The molecule has 0 saturated carbocycles. The molecule has 1 aromatic rings. The smallest absolute Gasteiger partial charge is 0.227 e. The number of nitrogens with one attached hydrogen (secondary N) is 1. The summed E-state index contributed by atoms with van der Waals surface area (Å²) in [5.41, 5.74) is 9.22. The van der Waals surface area contributed by atoms with Gasteiger partial charge in [0.1, 0.15) is 0 Å². The van der Waals surface area contributed by atoms with Gasteiger partial charge in [-0.3, -0.25) is 4.79 Å². The second kappa shape index (κ2) is 5.98. The van der Waals surface area contributed by atoms with Gasteiger partial charge >= 0.3 is 0 Å². The number of rotatable bonds is 5. The lowest BCUT2D eigenvalue weighted by Crippen LogP contribution is -2.38. The van der Waals surface area contributed by atoms with Crippen molar-refractivity contribution in [3.63, 3.8) is 0 Å². The van der Waals surface area contributed by atoms with Gasteiger partial charge in [0.25, 0.3) is 0 Å². The quantitative estimate of drug-likeness (QED) is 0.804. The van der Waals surface area contributed by atoms with Crippen molar-refractivity contribution >= 4 is 11.6 Å². The highest BCUT2D eigenvalue weighted by Crippen LogP contribution is 2.28. The van der Waals surface area contributed by atoms with E-state index in [1.165, 1.54) is 11.1 Å². The summed E-state index contributed by atoms with van der Waals surface area (Å²) in [5.74, 6) is 0.191. The molecular formula is C14H21N3O. The molecule has 1 amide bonds. The molecule has 18 heavy (non-hydrogen) atoms. The van der Waals surface area contributed by atoms with Crippen LogP contribution in [0.2, 0.25) is 0 Å². The Hall–Kier alpha value is -1.39. The highest BCUT2D eigenvalue weighted by Gasteiger charge is 2.23. The zero-order chi connectivity index (χ0) is 13.0. The minimum atomic E-state index is 0.191. The van der Waals surface area contributed by atoms with E-state index in [9.17, 15) is 4.79 Å². The Kier molecular flexibility index (Phi) is 4.33. The number of likely N-dealkylation sites (N-methyl/N-ethyl adjacent to an activating group) is 1. The van der Waals surface area contributed by atoms with Crippen molar-refractivity contribution in [3.05, 3.63) is 29.3 Å². The fraction of sp³-hybridized carbons (Fsp3) is 0.500. The summed E-state index contributed by atoms with van der Waals surface area (Å²) in [6.45, 7) is 2.10. The van der Waals surface area contributed by atoms with Crippen molar-refractivity contribution in [2.24, 2.45) is 5.73 Å². The van der Waals surface area contributed by atoms with Gasteiger partial charge in [-0.1, -0.05) is 12.1 Å². The molecule has 98 valence electrons. The third-order valence-corrected chi connectivity index (χ3v) is 3.36. The molecule has 1 heterocycles. The maximum atomic E-state index is 11.9. The lowest BCUT2D eigenvalue weighted by atomic mass is 9.97. The number of anilines is 1. The van der Waals surface area contributed by atoms with E-state index in [1.54, 1.807) is 0 Å². The molecule has 4 nitrogen and oxygen atoms in total. The molecule has 0 bridgehead atoms. The highest BCUT2D eigenvalue weighted by atomic mass is 16.2. The zero-order valence-corrected chi connectivity index (χ0v) is 10.9. The van der Waals surface area contributed by atoms with Crippen LogP contribution in [0.3, 0.4) is 0 Å². The van der Waals surface area contributed by atoms with Gasteiger partial charge in [0.05, 0.1) is 0 Å². The van der Waals surface area contributed by atoms with Gasteiger partial charge in [0, 0.05) is 25.2 Å². The molecular weight excluding hydrogens is 226 g/mol. The third kappa shape index (κ3) is 2.71. The van der Waals surface area contributed by atoms with Gasteiger partial charge in [-0.15, -0.1) is 0 Å². The number of benzene rings is 1. The van der Waals surface area contributed by atoms with Gasteiger partial charge in [-0.05, 0) is 43.6 Å². The van der Waals surface area contributed by atoms with Crippen molar-refractivity contribution in [1.29, 1.82) is 0 Å². The van der Waals surface area contributed by atoms with Crippen LogP contribution in [0.25, 0.3) is 0 Å². The molecule has 4 heteroatoms. The highest BCUT2D eigenvalue weighted by molar-refractivity contribution is 5.96. The minimum Gasteiger partial charge on any atom is -0.329 e. The van der Waals surface area contributed by atoms with Crippen molar-refractivity contribution < 1.29 is 4.79 Å². The average Bonchev–Trinajstić information content (AvgIpc) is 2.39. The van der Waals surface area contributed by atoms with Crippen LogP contribution in [0.5, 0.6) is 0 Å². The number of amides is 1. The van der Waals surface area contributed by atoms with E-state index in [1.807, 2.05) is 11.9 Å². The summed E-state index contributed by atoms with van der Waals surface area (Å²) in [7, 11) is 1.96. The number of carbonyl (C=O) groups excluding carboxylic acids is 1. The fourth-order valence-electron chi connectivity index (χ4n) is 2.41. The molecule has 3 N–H and O–H groups in total. The summed E-state index contributed by atoms with van der Waals surface area (Å²) < 4.78 is 0. The number of hydrogen-bond acceptors (Lipinski definition) is 3. The van der Waals surface area contributed by atoms with E-state index < -0.39 is 0 Å². The first-order chi connectivity index (χ1) is 8.76. The van der Waals surface area contributed by atoms with Crippen LogP contribution in [-0.2, 0) is 17.6 Å². The molecule has 0 unspecified atom stereocenters. The zero-order valence-electron chi connectivity index (χ0n) is 10.9. The number of hydrogen-bond donors (Lipinski definition) is 2. The Balaban J connectivity index is 2.22. The largest absolute Gasteiger partial charge is 0.329 e. The number of fused-ring (bicyclic) bond motifs is 1. The molecule has 0 atom stereocenters. The van der Waals surface area contributed by atoms with Crippen LogP contribution in [0, 0.1) is 0 Å². The number of nitrogens with zero attached hydrogens (tertiary/aromatic N) is 1. The van der Waals surface area contributed by atoms with Crippen LogP contribution in [0.4, 0.5) is 5.69 Å². The molecule has 0 saturated heterocycles. The van der Waals surface area contributed by atoms with Crippen LogP contribution < -0.4 is 16.0 Å². The number of aryl methyl sites for hydroxylation is 1. The second-order valence-corrected chi connectivity index (χ2v) is 4.65. The van der Waals surface area contributed by atoms with Crippen LogP contribution in [0.1, 0.15) is 17.5 Å². The summed E-state index contributed by atoms with van der Waals surface area (Å²) >= 11 is 0. The predicted molar refractivity (Wildman–Crippen MR) is 73.8 cm³/mol. The lowest BCUT2D eigenvalue weighted by molar-refractivity contribution is -0.118. The second-order valence-electron chi connectivity index (χ2n) is 4.65. The summed E-state index contributed by atoms with van der Waals surface area (Å²) in [5, 5.41) is 3.15. The Morgan fingerprint density at radius 3 is 2.94 bits per heavy atom. The van der Waals surface area contributed by atoms with Gasteiger partial charge in [-0.25, -0.2) is 0 Å². The summed E-state index contributed by atoms with van der Waals surface area (Å²) in [6, 6.07) is 6.40. The normalized spacial score (nSPS) is 14.8. The molecule has 1 aliphatic rings. The van der Waals surface area contributed by atoms with Gasteiger partial charge in [0.15, 0.2) is 0 Å². The molecule has 0 fully saturated rings. The number of nitrogens with two attached hydrogens (primary N) is 1. The predicted octanol–water partition coefficient (Wildman–Crippen LogP) is 0.686. The maximum absolute atomic E-state index is 11.9. The van der Waals surface area contributed by atoms with Crippen molar-refractivity contribution in [3.8, 4) is 0 Å².